The van der Waals surface area contributed by atoms with Crippen molar-refractivity contribution in [3.63, 3.8) is 0 Å². The third kappa shape index (κ3) is 5.62. The number of aryl methyl sites for hydroxylation is 1. The van der Waals surface area contributed by atoms with Gasteiger partial charge in [0.1, 0.15) is 0 Å². The maximum absolute atomic E-state index is 9.45. The Kier molecular flexibility index (Phi) is 7.22. The van der Waals surface area contributed by atoms with E-state index in [4.69, 9.17) is 0 Å². The van der Waals surface area contributed by atoms with Crippen molar-refractivity contribution < 1.29 is 5.11 Å². The molecule has 130 valence electrons. The Labute approximate surface area is 145 Å². The van der Waals surface area contributed by atoms with Crippen LogP contribution in [0.4, 0.5) is 0 Å². The summed E-state index contributed by atoms with van der Waals surface area (Å²) >= 11 is 0. The first-order valence-corrected chi connectivity index (χ1v) is 8.63. The molecule has 0 aliphatic heterocycles. The van der Waals surface area contributed by atoms with Crippen LogP contribution >= 0.6 is 0 Å². The Morgan fingerprint density at radius 3 is 2.62 bits per heavy atom. The van der Waals surface area contributed by atoms with Gasteiger partial charge in [0.25, 0.3) is 0 Å². The first-order valence-electron chi connectivity index (χ1n) is 8.63. The Hall–Kier alpha value is -1.91. The first-order chi connectivity index (χ1) is 11.6. The lowest BCUT2D eigenvalue weighted by Crippen LogP contribution is -2.29. The highest BCUT2D eigenvalue weighted by Gasteiger charge is 2.12. The number of aliphatic hydroxyl groups excluding tert-OH is 1. The van der Waals surface area contributed by atoms with Gasteiger partial charge in [0.15, 0.2) is 0 Å². The van der Waals surface area contributed by atoms with E-state index in [9.17, 15) is 5.11 Å². The zero-order valence-corrected chi connectivity index (χ0v) is 15.0. The molecule has 0 aliphatic carbocycles. The molecule has 0 fully saturated rings. The highest BCUT2D eigenvalue weighted by atomic mass is 16.3. The molecule has 1 aromatic heterocycles. The van der Waals surface area contributed by atoms with E-state index in [2.05, 4.69) is 54.1 Å². The van der Waals surface area contributed by atoms with Gasteiger partial charge in [0, 0.05) is 32.9 Å². The van der Waals surface area contributed by atoms with Crippen molar-refractivity contribution in [1.82, 2.24) is 14.5 Å². The molecule has 1 heterocycles. The molecule has 0 saturated carbocycles. The van der Waals surface area contributed by atoms with Gasteiger partial charge >= 0.3 is 0 Å². The number of imidazole rings is 1. The van der Waals surface area contributed by atoms with Crippen LogP contribution in [0.15, 0.2) is 48.9 Å². The molecular formula is C20H29N3O. The zero-order chi connectivity index (χ0) is 17.4. The summed E-state index contributed by atoms with van der Waals surface area (Å²) in [6.45, 7) is 6.88. The standard InChI is InChI=1S/C20H29N3O/c1-17(2)9-10-19(18-7-5-4-6-8-18)14-23(11-12-24)15-20-13-21-16-22(20)3/h4-8,10,13,16-17,24H,9,11-12,14-15H2,1-3H3/b19-10+. The molecule has 1 aromatic carbocycles. The minimum Gasteiger partial charge on any atom is -0.395 e. The summed E-state index contributed by atoms with van der Waals surface area (Å²) in [5.74, 6) is 0.632. The largest absolute Gasteiger partial charge is 0.395 e. The molecule has 0 saturated heterocycles. The molecule has 4 nitrogen and oxygen atoms in total. The van der Waals surface area contributed by atoms with Gasteiger partial charge in [0.05, 0.1) is 18.6 Å². The van der Waals surface area contributed by atoms with Gasteiger partial charge in [0.2, 0.25) is 0 Å². The molecule has 0 bridgehead atoms. The average Bonchev–Trinajstić information content (AvgIpc) is 2.97. The predicted molar refractivity (Wildman–Crippen MR) is 99.4 cm³/mol. The second kappa shape index (κ2) is 9.40. The smallest absolute Gasteiger partial charge is 0.0945 e. The van der Waals surface area contributed by atoms with E-state index in [0.717, 1.165) is 25.2 Å². The summed E-state index contributed by atoms with van der Waals surface area (Å²) in [7, 11) is 2.01. The number of allylic oxidation sites excluding steroid dienone is 1. The van der Waals surface area contributed by atoms with Crippen LogP contribution < -0.4 is 0 Å². The Morgan fingerprint density at radius 1 is 1.29 bits per heavy atom. The summed E-state index contributed by atoms with van der Waals surface area (Å²) in [4.78, 5) is 6.46. The van der Waals surface area contributed by atoms with Gasteiger partial charge in [-0.05, 0) is 23.5 Å². The molecule has 0 spiro atoms. The highest BCUT2D eigenvalue weighted by molar-refractivity contribution is 5.66. The third-order valence-corrected chi connectivity index (χ3v) is 4.09. The summed E-state index contributed by atoms with van der Waals surface area (Å²) in [5.41, 5.74) is 3.73. The quantitative estimate of drug-likeness (QED) is 0.768. The Bertz CT molecular complexity index is 631. The summed E-state index contributed by atoms with van der Waals surface area (Å²) in [6.07, 6.45) is 7.11. The van der Waals surface area contributed by atoms with Gasteiger partial charge in [-0.15, -0.1) is 0 Å². The van der Waals surface area contributed by atoms with E-state index < -0.39 is 0 Å². The van der Waals surface area contributed by atoms with Crippen LogP contribution in [0.3, 0.4) is 0 Å². The molecule has 2 aromatic rings. The first kappa shape index (κ1) is 18.4. The molecule has 0 amide bonds. The van der Waals surface area contributed by atoms with Gasteiger partial charge in [-0.1, -0.05) is 50.3 Å². The third-order valence-electron chi connectivity index (χ3n) is 4.09. The summed E-state index contributed by atoms with van der Waals surface area (Å²) in [5, 5.41) is 9.45. The van der Waals surface area contributed by atoms with Crippen LogP contribution in [0.2, 0.25) is 0 Å². The predicted octanol–water partition coefficient (Wildman–Crippen LogP) is 3.34. The number of aliphatic hydroxyl groups is 1. The molecule has 0 aliphatic rings. The van der Waals surface area contributed by atoms with Crippen molar-refractivity contribution in [2.45, 2.75) is 26.8 Å². The number of nitrogens with zero attached hydrogens (tertiary/aromatic N) is 3. The van der Waals surface area contributed by atoms with E-state index in [-0.39, 0.29) is 6.61 Å². The normalized spacial score (nSPS) is 12.3. The fourth-order valence-corrected chi connectivity index (χ4v) is 2.67. The van der Waals surface area contributed by atoms with E-state index in [1.165, 1.54) is 11.1 Å². The van der Waals surface area contributed by atoms with Crippen LogP contribution in [-0.4, -0.2) is 39.3 Å². The fourth-order valence-electron chi connectivity index (χ4n) is 2.67. The molecule has 4 heteroatoms. The number of benzene rings is 1. The average molecular weight is 327 g/mol. The van der Waals surface area contributed by atoms with Gasteiger partial charge in [-0.3, -0.25) is 4.90 Å². The van der Waals surface area contributed by atoms with E-state index in [1.54, 1.807) is 0 Å². The lowest BCUT2D eigenvalue weighted by molar-refractivity contribution is 0.203. The minimum atomic E-state index is 0.157. The number of rotatable bonds is 9. The van der Waals surface area contributed by atoms with E-state index in [0.29, 0.717) is 12.5 Å². The maximum Gasteiger partial charge on any atom is 0.0945 e. The lowest BCUT2D eigenvalue weighted by Gasteiger charge is -2.23. The summed E-state index contributed by atoms with van der Waals surface area (Å²) < 4.78 is 2.03. The molecule has 0 atom stereocenters. The number of hydrogen-bond acceptors (Lipinski definition) is 3. The van der Waals surface area contributed by atoms with Crippen LogP contribution in [0.25, 0.3) is 5.57 Å². The van der Waals surface area contributed by atoms with Crippen LogP contribution in [0, 0.1) is 5.92 Å². The van der Waals surface area contributed by atoms with Crippen LogP contribution in [0.5, 0.6) is 0 Å². The van der Waals surface area contributed by atoms with E-state index >= 15 is 0 Å². The topological polar surface area (TPSA) is 41.3 Å². The number of aromatic nitrogens is 2. The monoisotopic (exact) mass is 327 g/mol. The lowest BCUT2D eigenvalue weighted by atomic mass is 10.0. The molecule has 24 heavy (non-hydrogen) atoms. The highest BCUT2D eigenvalue weighted by Crippen LogP contribution is 2.19. The zero-order valence-electron chi connectivity index (χ0n) is 15.0. The molecule has 0 radical (unpaired) electrons. The molecule has 1 N–H and O–H groups in total. The summed E-state index contributed by atoms with van der Waals surface area (Å²) in [6, 6.07) is 10.5. The van der Waals surface area contributed by atoms with Crippen molar-refractivity contribution in [3.8, 4) is 0 Å². The second-order valence-corrected chi connectivity index (χ2v) is 6.66. The molecule has 0 unspecified atom stereocenters. The van der Waals surface area contributed by atoms with Crippen molar-refractivity contribution in [3.05, 3.63) is 60.2 Å². The van der Waals surface area contributed by atoms with Crippen LogP contribution in [0.1, 0.15) is 31.5 Å². The van der Waals surface area contributed by atoms with Crippen molar-refractivity contribution in [2.24, 2.45) is 13.0 Å². The fraction of sp³-hybridized carbons (Fsp3) is 0.450. The van der Waals surface area contributed by atoms with Crippen molar-refractivity contribution in [2.75, 3.05) is 19.7 Å². The van der Waals surface area contributed by atoms with Crippen LogP contribution in [-0.2, 0) is 13.6 Å². The Balaban J connectivity index is 2.17. The minimum absolute atomic E-state index is 0.157. The van der Waals surface area contributed by atoms with Gasteiger partial charge < -0.3 is 9.67 Å². The van der Waals surface area contributed by atoms with Crippen molar-refractivity contribution >= 4 is 5.57 Å². The van der Waals surface area contributed by atoms with Gasteiger partial charge in [-0.25, -0.2) is 4.98 Å². The molecule has 2 rings (SSSR count). The van der Waals surface area contributed by atoms with Crippen molar-refractivity contribution in [1.29, 1.82) is 0 Å². The second-order valence-electron chi connectivity index (χ2n) is 6.66. The van der Waals surface area contributed by atoms with Gasteiger partial charge in [-0.2, -0.15) is 0 Å². The van der Waals surface area contributed by atoms with E-state index in [1.807, 2.05) is 30.2 Å². The Morgan fingerprint density at radius 2 is 2.04 bits per heavy atom. The molecular weight excluding hydrogens is 298 g/mol. The maximum atomic E-state index is 9.45. The number of hydrogen-bond donors (Lipinski definition) is 1. The SMILES string of the molecule is CC(C)C/C=C(\CN(CCO)Cc1cncn1C)c1ccccc1.